The molecular formula is C56H82N4O16. The van der Waals surface area contributed by atoms with Crippen LogP contribution in [-0.4, -0.2) is 101 Å². The van der Waals surface area contributed by atoms with Crippen LogP contribution in [0.25, 0.3) is 0 Å². The molecule has 2 aromatic carbocycles. The lowest BCUT2D eigenvalue weighted by atomic mass is 9.87. The van der Waals surface area contributed by atoms with Crippen LogP contribution in [0.1, 0.15) is 144 Å². The van der Waals surface area contributed by atoms with Crippen molar-refractivity contribution in [1.29, 1.82) is 0 Å². The van der Waals surface area contributed by atoms with E-state index in [4.69, 9.17) is 37.9 Å². The molecule has 2 rings (SSSR count). The van der Waals surface area contributed by atoms with Gasteiger partial charge in [0.25, 0.3) is 0 Å². The summed E-state index contributed by atoms with van der Waals surface area (Å²) >= 11 is 0. The number of hydrogen-bond donors (Lipinski definition) is 4. The van der Waals surface area contributed by atoms with E-state index >= 15 is 0 Å². The third kappa shape index (κ3) is 24.9. The standard InChI is InChI=1S/C56H82N4O16/c1-37(2)47(63)71-31-33-75-51(67)59-55(11,12)43-19-15-17-41(35-43)53(7,8)57-49(65)73-29-25-39(5)23-27-69-45(61)21-22-46(62)70-28-24-40(6)26-30-74-50(66)58-54(9,10)42-18-16-20-44(36-42)56(13,14)60-52(68)76-34-32-72-48(64)38(3)4/h15-20,35-36,39-40H,1,3,21-34H2,2,4-14H3,(H,57,65)(H,58,66)(H,59,67)(H,60,68). The predicted octanol–water partition coefficient (Wildman–Crippen LogP) is 9.17. The molecule has 76 heavy (non-hydrogen) atoms. The second-order valence-electron chi connectivity index (χ2n) is 20.8. The molecule has 0 aliphatic carbocycles. The van der Waals surface area contributed by atoms with Crippen LogP contribution in [0, 0.1) is 11.8 Å². The summed E-state index contributed by atoms with van der Waals surface area (Å²) < 4.78 is 41.8. The van der Waals surface area contributed by atoms with Gasteiger partial charge in [0.15, 0.2) is 0 Å². The van der Waals surface area contributed by atoms with E-state index in [-0.39, 0.29) is 88.7 Å². The zero-order valence-corrected chi connectivity index (χ0v) is 46.6. The molecule has 0 aliphatic rings. The summed E-state index contributed by atoms with van der Waals surface area (Å²) in [6.45, 7) is 28.5. The maximum Gasteiger partial charge on any atom is 0.407 e. The van der Waals surface area contributed by atoms with Crippen molar-refractivity contribution in [3.05, 3.63) is 95.1 Å². The van der Waals surface area contributed by atoms with Gasteiger partial charge in [0.2, 0.25) is 0 Å². The van der Waals surface area contributed by atoms with Crippen LogP contribution in [0.4, 0.5) is 19.2 Å². The molecule has 0 heterocycles. The van der Waals surface area contributed by atoms with E-state index in [0.717, 1.165) is 22.3 Å². The Bertz CT molecular complexity index is 2160. The molecule has 422 valence electrons. The number of alkyl carbamates (subject to hydrolysis) is 4. The minimum absolute atomic E-state index is 0.0592. The fourth-order valence-corrected chi connectivity index (χ4v) is 6.92. The topological polar surface area (TPSA) is 259 Å². The summed E-state index contributed by atoms with van der Waals surface area (Å²) in [7, 11) is 0. The van der Waals surface area contributed by atoms with E-state index in [0.29, 0.717) is 25.7 Å². The van der Waals surface area contributed by atoms with Gasteiger partial charge in [-0.25, -0.2) is 28.8 Å². The molecule has 0 aromatic heterocycles. The maximum absolute atomic E-state index is 12.8. The van der Waals surface area contributed by atoms with Crippen molar-refractivity contribution in [2.24, 2.45) is 11.8 Å². The number of amides is 4. The summed E-state index contributed by atoms with van der Waals surface area (Å²) in [6, 6.07) is 14.8. The van der Waals surface area contributed by atoms with Crippen molar-refractivity contribution in [3.8, 4) is 0 Å². The van der Waals surface area contributed by atoms with Gasteiger partial charge in [0.1, 0.15) is 26.4 Å². The number of hydrogen-bond acceptors (Lipinski definition) is 16. The number of ether oxygens (including phenoxy) is 8. The number of esters is 4. The van der Waals surface area contributed by atoms with Gasteiger partial charge >= 0.3 is 48.3 Å². The third-order valence-electron chi connectivity index (χ3n) is 12.0. The lowest BCUT2D eigenvalue weighted by molar-refractivity contribution is -0.150. The Morgan fingerprint density at radius 2 is 0.645 bits per heavy atom. The fourth-order valence-electron chi connectivity index (χ4n) is 6.92. The quantitative estimate of drug-likeness (QED) is 0.0237. The largest absolute Gasteiger partial charge is 0.466 e. The van der Waals surface area contributed by atoms with E-state index in [1.54, 1.807) is 27.7 Å². The lowest BCUT2D eigenvalue weighted by Crippen LogP contribution is -2.43. The SMILES string of the molecule is C=C(C)C(=O)OCCOC(=O)NC(C)(C)c1cccc(C(C)(C)NC(=O)OCCC(C)CCOC(=O)CCC(=O)OCCC(C)CCOC(=O)NC(C)(C)c2cccc(C(C)(C)NC(=O)OCCOC(=O)C(=C)C)c2)c1. The molecule has 0 spiro atoms. The van der Waals surface area contributed by atoms with Crippen LogP contribution in [0.5, 0.6) is 0 Å². The first-order valence-corrected chi connectivity index (χ1v) is 25.4. The minimum atomic E-state index is -0.854. The van der Waals surface area contributed by atoms with E-state index in [1.807, 2.05) is 90.1 Å². The zero-order valence-electron chi connectivity index (χ0n) is 46.6. The molecule has 2 atom stereocenters. The van der Waals surface area contributed by atoms with Gasteiger partial charge < -0.3 is 59.2 Å². The molecular weight excluding hydrogens is 985 g/mol. The molecule has 2 unspecified atom stereocenters. The maximum atomic E-state index is 12.8. The predicted molar refractivity (Wildman–Crippen MR) is 282 cm³/mol. The Morgan fingerprint density at radius 3 is 0.908 bits per heavy atom. The van der Waals surface area contributed by atoms with Gasteiger partial charge in [-0.2, -0.15) is 0 Å². The average Bonchev–Trinajstić information content (AvgIpc) is 3.32. The average molecular weight is 1070 g/mol. The molecule has 0 aliphatic heterocycles. The van der Waals surface area contributed by atoms with E-state index < -0.39 is 70.4 Å². The molecule has 20 heteroatoms. The first-order chi connectivity index (χ1) is 35.4. The van der Waals surface area contributed by atoms with Crippen LogP contribution < -0.4 is 21.3 Å². The Balaban J connectivity index is 1.63. The van der Waals surface area contributed by atoms with Crippen molar-refractivity contribution >= 4 is 48.3 Å². The fraction of sp³-hybridized carbons (Fsp3) is 0.571. The number of carbonyl (C=O) groups is 8. The third-order valence-corrected chi connectivity index (χ3v) is 12.0. The van der Waals surface area contributed by atoms with Gasteiger partial charge in [-0.05, 0) is 129 Å². The van der Waals surface area contributed by atoms with Crippen LogP contribution in [0.2, 0.25) is 0 Å². The molecule has 0 fully saturated rings. The molecule has 2 aromatic rings. The molecule has 0 saturated heterocycles. The lowest BCUT2D eigenvalue weighted by Gasteiger charge is -2.30. The highest BCUT2D eigenvalue weighted by Gasteiger charge is 2.30. The van der Waals surface area contributed by atoms with Crippen molar-refractivity contribution in [2.75, 3.05) is 52.9 Å². The second-order valence-corrected chi connectivity index (χ2v) is 20.8. The van der Waals surface area contributed by atoms with Gasteiger partial charge in [-0.15, -0.1) is 0 Å². The second kappa shape index (κ2) is 31.1. The molecule has 0 saturated carbocycles. The van der Waals surface area contributed by atoms with Gasteiger partial charge in [-0.3, -0.25) is 9.59 Å². The van der Waals surface area contributed by atoms with Crippen molar-refractivity contribution in [2.45, 2.75) is 144 Å². The summed E-state index contributed by atoms with van der Waals surface area (Å²) in [5, 5.41) is 11.4. The summed E-state index contributed by atoms with van der Waals surface area (Å²) in [6.07, 6.45) is -0.793. The summed E-state index contributed by atoms with van der Waals surface area (Å²) in [5.74, 6) is -2.08. The van der Waals surface area contributed by atoms with Gasteiger partial charge in [0, 0.05) is 11.1 Å². The summed E-state index contributed by atoms with van der Waals surface area (Å²) in [5.41, 5.74) is 0.126. The Morgan fingerprint density at radius 1 is 0.408 bits per heavy atom. The van der Waals surface area contributed by atoms with Gasteiger partial charge in [0.05, 0.1) is 61.4 Å². The molecule has 20 nitrogen and oxygen atoms in total. The van der Waals surface area contributed by atoms with E-state index in [1.165, 1.54) is 13.8 Å². The highest BCUT2D eigenvalue weighted by Crippen LogP contribution is 2.29. The first kappa shape index (κ1) is 65.0. The van der Waals surface area contributed by atoms with Crippen LogP contribution in [0.3, 0.4) is 0 Å². The van der Waals surface area contributed by atoms with Crippen molar-refractivity contribution in [3.63, 3.8) is 0 Å². The van der Waals surface area contributed by atoms with Crippen LogP contribution in [0.15, 0.2) is 72.8 Å². The van der Waals surface area contributed by atoms with Crippen molar-refractivity contribution in [1.82, 2.24) is 21.3 Å². The molecule has 4 N–H and O–H groups in total. The Labute approximate surface area is 448 Å². The normalized spacial score (nSPS) is 12.3. The zero-order chi connectivity index (χ0) is 57.3. The first-order valence-electron chi connectivity index (χ1n) is 25.4. The highest BCUT2D eigenvalue weighted by atomic mass is 16.6. The minimum Gasteiger partial charge on any atom is -0.466 e. The molecule has 0 radical (unpaired) electrons. The molecule has 4 amide bonds. The number of carbonyl (C=O) groups excluding carboxylic acids is 8. The number of nitrogens with one attached hydrogen (secondary N) is 4. The summed E-state index contributed by atoms with van der Waals surface area (Å²) in [4.78, 5) is 98.3. The van der Waals surface area contributed by atoms with Crippen molar-refractivity contribution < 1.29 is 76.3 Å². The Kier molecular flexibility index (Phi) is 26.6. The van der Waals surface area contributed by atoms with Gasteiger partial charge in [-0.1, -0.05) is 75.5 Å². The highest BCUT2D eigenvalue weighted by molar-refractivity contribution is 5.87. The van der Waals surface area contributed by atoms with E-state index in [2.05, 4.69) is 34.4 Å². The van der Waals surface area contributed by atoms with E-state index in [9.17, 15) is 38.4 Å². The monoisotopic (exact) mass is 1070 g/mol. The number of benzene rings is 2. The Hall–Kier alpha value is -7.12. The van der Waals surface area contributed by atoms with Crippen LogP contribution >= 0.6 is 0 Å². The molecule has 0 bridgehead atoms. The smallest absolute Gasteiger partial charge is 0.407 e. The van der Waals surface area contributed by atoms with Crippen LogP contribution in [-0.2, 0) is 79.2 Å². The number of rotatable bonds is 31.